The molecule has 0 fully saturated rings. The molecule has 2 rings (SSSR count). The number of aromatic nitrogens is 4. The first kappa shape index (κ1) is 12.5. The average molecular weight is 257 g/mol. The van der Waals surface area contributed by atoms with Gasteiger partial charge in [0.15, 0.2) is 23.3 Å². The van der Waals surface area contributed by atoms with E-state index in [1.807, 2.05) is 0 Å². The fraction of sp³-hybridized carbons (Fsp3) is 0.300. The van der Waals surface area contributed by atoms with Gasteiger partial charge in [0, 0.05) is 12.1 Å². The van der Waals surface area contributed by atoms with Crippen molar-refractivity contribution in [2.45, 2.75) is 13.0 Å². The van der Waals surface area contributed by atoms with Gasteiger partial charge >= 0.3 is 0 Å². The SMILES string of the molecule is NCCCn1nnnc1-c1cc(F)c(F)c(F)c1. The first-order valence-corrected chi connectivity index (χ1v) is 5.24. The molecular weight excluding hydrogens is 247 g/mol. The monoisotopic (exact) mass is 257 g/mol. The highest BCUT2D eigenvalue weighted by molar-refractivity contribution is 5.54. The van der Waals surface area contributed by atoms with Crippen LogP contribution in [0.5, 0.6) is 0 Å². The third kappa shape index (κ3) is 2.33. The first-order chi connectivity index (χ1) is 8.63. The molecule has 0 saturated heterocycles. The maximum Gasteiger partial charge on any atom is 0.194 e. The lowest BCUT2D eigenvalue weighted by atomic mass is 10.2. The van der Waals surface area contributed by atoms with Gasteiger partial charge in [-0.1, -0.05) is 0 Å². The molecule has 2 N–H and O–H groups in total. The van der Waals surface area contributed by atoms with Crippen molar-refractivity contribution < 1.29 is 13.2 Å². The molecule has 0 unspecified atom stereocenters. The molecule has 2 aromatic rings. The van der Waals surface area contributed by atoms with Crippen LogP contribution in [0, 0.1) is 17.5 Å². The Morgan fingerprint density at radius 3 is 2.44 bits per heavy atom. The second kappa shape index (κ2) is 5.13. The molecule has 0 aliphatic carbocycles. The van der Waals surface area contributed by atoms with Gasteiger partial charge in [0.2, 0.25) is 0 Å². The minimum Gasteiger partial charge on any atom is -0.330 e. The number of hydrogen-bond donors (Lipinski definition) is 1. The molecule has 1 aromatic carbocycles. The van der Waals surface area contributed by atoms with Gasteiger partial charge in [-0.05, 0) is 35.5 Å². The summed E-state index contributed by atoms with van der Waals surface area (Å²) in [4.78, 5) is 0. The maximum absolute atomic E-state index is 13.1. The van der Waals surface area contributed by atoms with Crippen molar-refractivity contribution >= 4 is 0 Å². The largest absolute Gasteiger partial charge is 0.330 e. The zero-order valence-electron chi connectivity index (χ0n) is 9.28. The summed E-state index contributed by atoms with van der Waals surface area (Å²) in [5.74, 6) is -3.90. The lowest BCUT2D eigenvalue weighted by Gasteiger charge is -2.04. The summed E-state index contributed by atoms with van der Waals surface area (Å²) in [5, 5.41) is 10.7. The summed E-state index contributed by atoms with van der Waals surface area (Å²) >= 11 is 0. The average Bonchev–Trinajstić information content (AvgIpc) is 2.81. The van der Waals surface area contributed by atoms with E-state index in [1.54, 1.807) is 0 Å². The zero-order valence-corrected chi connectivity index (χ0v) is 9.28. The van der Waals surface area contributed by atoms with E-state index in [0.717, 1.165) is 12.1 Å². The van der Waals surface area contributed by atoms with Crippen LogP contribution in [0.3, 0.4) is 0 Å². The lowest BCUT2D eigenvalue weighted by Crippen LogP contribution is -2.08. The van der Waals surface area contributed by atoms with Gasteiger partial charge in [-0.15, -0.1) is 5.10 Å². The van der Waals surface area contributed by atoms with E-state index in [0.29, 0.717) is 19.5 Å². The molecule has 5 nitrogen and oxygen atoms in total. The Morgan fingerprint density at radius 2 is 1.83 bits per heavy atom. The van der Waals surface area contributed by atoms with E-state index < -0.39 is 17.5 Å². The maximum atomic E-state index is 13.1. The quantitative estimate of drug-likeness (QED) is 0.833. The lowest BCUT2D eigenvalue weighted by molar-refractivity contribution is 0.447. The van der Waals surface area contributed by atoms with Crippen LogP contribution in [-0.4, -0.2) is 26.8 Å². The van der Waals surface area contributed by atoms with Crippen LogP contribution in [0.1, 0.15) is 6.42 Å². The van der Waals surface area contributed by atoms with Crippen molar-refractivity contribution in [2.75, 3.05) is 6.54 Å². The van der Waals surface area contributed by atoms with Crippen LogP contribution in [0.4, 0.5) is 13.2 Å². The van der Waals surface area contributed by atoms with Gasteiger partial charge in [-0.25, -0.2) is 17.9 Å². The number of hydrogen-bond acceptors (Lipinski definition) is 4. The van der Waals surface area contributed by atoms with Gasteiger partial charge in [-0.2, -0.15) is 0 Å². The number of aryl methyl sites for hydroxylation is 1. The van der Waals surface area contributed by atoms with Crippen molar-refractivity contribution in [1.29, 1.82) is 0 Å². The van der Waals surface area contributed by atoms with Gasteiger partial charge in [0.25, 0.3) is 0 Å². The molecule has 0 amide bonds. The molecule has 0 bridgehead atoms. The van der Waals surface area contributed by atoms with E-state index >= 15 is 0 Å². The molecule has 18 heavy (non-hydrogen) atoms. The molecule has 8 heteroatoms. The van der Waals surface area contributed by atoms with E-state index in [1.165, 1.54) is 4.68 Å². The minimum atomic E-state index is -1.51. The number of nitrogens with zero attached hydrogens (tertiary/aromatic N) is 4. The Labute approximate surface area is 100 Å². The topological polar surface area (TPSA) is 69.6 Å². The van der Waals surface area contributed by atoms with Crippen molar-refractivity contribution in [2.24, 2.45) is 5.73 Å². The number of rotatable bonds is 4. The van der Waals surface area contributed by atoms with Crippen LogP contribution in [0.15, 0.2) is 12.1 Å². The molecule has 0 saturated carbocycles. The predicted molar refractivity (Wildman–Crippen MR) is 56.8 cm³/mol. The van der Waals surface area contributed by atoms with Gasteiger partial charge in [-0.3, -0.25) is 0 Å². The second-order valence-corrected chi connectivity index (χ2v) is 3.62. The number of nitrogens with two attached hydrogens (primary N) is 1. The Hall–Kier alpha value is -1.96. The molecule has 0 aliphatic rings. The zero-order chi connectivity index (χ0) is 13.1. The van der Waals surface area contributed by atoms with E-state index in [4.69, 9.17) is 5.73 Å². The second-order valence-electron chi connectivity index (χ2n) is 3.62. The number of tetrazole rings is 1. The highest BCUT2D eigenvalue weighted by Gasteiger charge is 2.15. The molecule has 1 heterocycles. The highest BCUT2D eigenvalue weighted by Crippen LogP contribution is 2.21. The summed E-state index contributed by atoms with van der Waals surface area (Å²) in [7, 11) is 0. The summed E-state index contributed by atoms with van der Waals surface area (Å²) < 4.78 is 40.4. The van der Waals surface area contributed by atoms with Gasteiger partial charge in [0.1, 0.15) is 0 Å². The predicted octanol–water partition coefficient (Wildman–Crippen LogP) is 1.11. The van der Waals surface area contributed by atoms with E-state index in [9.17, 15) is 13.2 Å². The number of benzene rings is 1. The van der Waals surface area contributed by atoms with Crippen LogP contribution in [-0.2, 0) is 6.54 Å². The smallest absolute Gasteiger partial charge is 0.194 e. The normalized spacial score (nSPS) is 10.9. The first-order valence-electron chi connectivity index (χ1n) is 5.24. The van der Waals surface area contributed by atoms with Crippen molar-refractivity contribution in [3.8, 4) is 11.4 Å². The third-order valence-electron chi connectivity index (χ3n) is 2.35. The molecule has 0 aliphatic heterocycles. The summed E-state index contributed by atoms with van der Waals surface area (Å²) in [5.41, 5.74) is 5.43. The van der Waals surface area contributed by atoms with Crippen molar-refractivity contribution in [1.82, 2.24) is 20.2 Å². The van der Waals surface area contributed by atoms with Crippen molar-refractivity contribution in [3.63, 3.8) is 0 Å². The molecule has 0 spiro atoms. The fourth-order valence-electron chi connectivity index (χ4n) is 1.49. The summed E-state index contributed by atoms with van der Waals surface area (Å²) in [6.07, 6.45) is 0.615. The molecule has 1 aromatic heterocycles. The Morgan fingerprint density at radius 1 is 1.17 bits per heavy atom. The molecular formula is C10H10F3N5. The molecule has 0 radical (unpaired) electrons. The molecule has 96 valence electrons. The number of halogens is 3. The Bertz CT molecular complexity index is 531. The van der Waals surface area contributed by atoms with E-state index in [2.05, 4.69) is 15.5 Å². The van der Waals surface area contributed by atoms with Crippen molar-refractivity contribution in [3.05, 3.63) is 29.6 Å². The summed E-state index contributed by atoms with van der Waals surface area (Å²) in [6.45, 7) is 0.852. The standard InChI is InChI=1S/C10H10F3N5/c11-7-4-6(5-8(12)9(7)13)10-15-16-17-18(10)3-1-2-14/h4-5H,1-3,14H2. The van der Waals surface area contributed by atoms with Gasteiger partial charge in [0.05, 0.1) is 0 Å². The summed E-state index contributed by atoms with van der Waals surface area (Å²) in [6, 6.07) is 1.70. The van der Waals surface area contributed by atoms with Crippen LogP contribution < -0.4 is 5.73 Å². The Balaban J connectivity index is 2.40. The minimum absolute atomic E-state index is 0.0772. The van der Waals surface area contributed by atoms with Crippen LogP contribution in [0.25, 0.3) is 11.4 Å². The van der Waals surface area contributed by atoms with E-state index in [-0.39, 0.29) is 11.4 Å². The highest BCUT2D eigenvalue weighted by atomic mass is 19.2. The van der Waals surface area contributed by atoms with Crippen LogP contribution >= 0.6 is 0 Å². The van der Waals surface area contributed by atoms with Crippen LogP contribution in [0.2, 0.25) is 0 Å². The third-order valence-corrected chi connectivity index (χ3v) is 2.35. The van der Waals surface area contributed by atoms with Gasteiger partial charge < -0.3 is 5.73 Å². The Kier molecular flexibility index (Phi) is 3.56. The molecule has 0 atom stereocenters. The fourth-order valence-corrected chi connectivity index (χ4v) is 1.49.